The summed E-state index contributed by atoms with van der Waals surface area (Å²) < 4.78 is 0. The number of anilines is 1. The zero-order valence-electron chi connectivity index (χ0n) is 11.4. The van der Waals surface area contributed by atoms with E-state index in [9.17, 15) is 19.7 Å². The van der Waals surface area contributed by atoms with E-state index in [1.807, 2.05) is 0 Å². The standard InChI is InChI=1S/C13H15N3O5/c1-8-4-5-9(16(20)21)7-10(8)14-13(19)15-6-2-3-11(15)12(17)18/h4-5,7,11H,2-3,6H2,1H3,(H,14,19)(H,17,18)/t11-/m0/s1. The molecule has 1 aromatic carbocycles. The van der Waals surface area contributed by atoms with E-state index in [2.05, 4.69) is 5.32 Å². The molecule has 2 N–H and O–H groups in total. The van der Waals surface area contributed by atoms with E-state index in [4.69, 9.17) is 5.11 Å². The minimum atomic E-state index is -1.04. The molecule has 1 fully saturated rings. The Bertz CT molecular complexity index is 601. The lowest BCUT2D eigenvalue weighted by atomic mass is 10.2. The molecule has 1 aliphatic heterocycles. The summed E-state index contributed by atoms with van der Waals surface area (Å²) in [7, 11) is 0. The number of carboxylic acid groups (broad SMARTS) is 1. The quantitative estimate of drug-likeness (QED) is 0.653. The van der Waals surface area contributed by atoms with Crippen LogP contribution >= 0.6 is 0 Å². The Balaban J connectivity index is 2.18. The van der Waals surface area contributed by atoms with Crippen LogP contribution in [0.1, 0.15) is 18.4 Å². The van der Waals surface area contributed by atoms with Crippen LogP contribution in [-0.4, -0.2) is 39.5 Å². The van der Waals surface area contributed by atoms with Crippen LogP contribution in [0.2, 0.25) is 0 Å². The third-order valence-electron chi connectivity index (χ3n) is 3.47. The summed E-state index contributed by atoms with van der Waals surface area (Å²) in [5.74, 6) is -1.04. The number of carbonyl (C=O) groups is 2. The lowest BCUT2D eigenvalue weighted by molar-refractivity contribution is -0.384. The highest BCUT2D eigenvalue weighted by Crippen LogP contribution is 2.24. The fourth-order valence-electron chi connectivity index (χ4n) is 2.31. The fourth-order valence-corrected chi connectivity index (χ4v) is 2.31. The number of aliphatic carboxylic acids is 1. The van der Waals surface area contributed by atoms with Gasteiger partial charge in [-0.25, -0.2) is 9.59 Å². The van der Waals surface area contributed by atoms with Gasteiger partial charge in [-0.1, -0.05) is 6.07 Å². The second-order valence-corrected chi connectivity index (χ2v) is 4.88. The first kappa shape index (κ1) is 14.8. The molecule has 0 radical (unpaired) electrons. The average Bonchev–Trinajstić information content (AvgIpc) is 2.90. The first-order valence-corrected chi connectivity index (χ1v) is 6.45. The van der Waals surface area contributed by atoms with Crippen molar-refractivity contribution < 1.29 is 19.6 Å². The Labute approximate surface area is 120 Å². The number of rotatable bonds is 3. The summed E-state index contributed by atoms with van der Waals surface area (Å²) in [4.78, 5) is 34.7. The van der Waals surface area contributed by atoms with Gasteiger partial charge in [-0.15, -0.1) is 0 Å². The van der Waals surface area contributed by atoms with Crippen LogP contribution < -0.4 is 5.32 Å². The second kappa shape index (κ2) is 5.78. The number of nitrogens with one attached hydrogen (secondary N) is 1. The normalized spacial score (nSPS) is 17.6. The largest absolute Gasteiger partial charge is 0.480 e. The Morgan fingerprint density at radius 2 is 2.19 bits per heavy atom. The van der Waals surface area contributed by atoms with E-state index in [0.29, 0.717) is 30.6 Å². The van der Waals surface area contributed by atoms with Gasteiger partial charge in [0.1, 0.15) is 6.04 Å². The van der Waals surface area contributed by atoms with Gasteiger partial charge >= 0.3 is 12.0 Å². The highest BCUT2D eigenvalue weighted by molar-refractivity contribution is 5.93. The SMILES string of the molecule is Cc1ccc([N+](=O)[O-])cc1NC(=O)N1CCC[C@H]1C(=O)O. The van der Waals surface area contributed by atoms with Gasteiger partial charge in [0.05, 0.1) is 10.6 Å². The minimum Gasteiger partial charge on any atom is -0.480 e. The zero-order valence-corrected chi connectivity index (χ0v) is 11.4. The second-order valence-electron chi connectivity index (χ2n) is 4.88. The summed E-state index contributed by atoms with van der Waals surface area (Å²) in [5, 5.41) is 22.4. The summed E-state index contributed by atoms with van der Waals surface area (Å²) in [6.07, 6.45) is 1.04. The number of nitrogens with zero attached hydrogens (tertiary/aromatic N) is 2. The molecule has 1 heterocycles. The van der Waals surface area contributed by atoms with Crippen molar-refractivity contribution >= 4 is 23.4 Å². The van der Waals surface area contributed by atoms with Crippen molar-refractivity contribution in [3.63, 3.8) is 0 Å². The Kier molecular flexibility index (Phi) is 4.06. The van der Waals surface area contributed by atoms with E-state index in [1.54, 1.807) is 6.92 Å². The van der Waals surface area contributed by atoms with Crippen molar-refractivity contribution in [3.8, 4) is 0 Å². The Morgan fingerprint density at radius 3 is 2.81 bits per heavy atom. The van der Waals surface area contributed by atoms with Gasteiger partial charge in [0.25, 0.3) is 5.69 Å². The molecule has 0 aromatic heterocycles. The number of urea groups is 1. The lowest BCUT2D eigenvalue weighted by Gasteiger charge is -2.22. The summed E-state index contributed by atoms with van der Waals surface area (Å²) in [6.45, 7) is 2.06. The number of nitro groups is 1. The van der Waals surface area contributed by atoms with E-state index >= 15 is 0 Å². The van der Waals surface area contributed by atoms with Gasteiger partial charge in [-0.3, -0.25) is 10.1 Å². The van der Waals surface area contributed by atoms with Crippen molar-refractivity contribution in [1.29, 1.82) is 0 Å². The monoisotopic (exact) mass is 293 g/mol. The van der Waals surface area contributed by atoms with Crippen LogP contribution in [0, 0.1) is 17.0 Å². The first-order chi connectivity index (χ1) is 9.90. The average molecular weight is 293 g/mol. The topological polar surface area (TPSA) is 113 Å². The van der Waals surface area contributed by atoms with Crippen LogP contribution in [0.25, 0.3) is 0 Å². The molecular weight excluding hydrogens is 278 g/mol. The van der Waals surface area contributed by atoms with Gasteiger partial charge < -0.3 is 15.3 Å². The fraction of sp³-hybridized carbons (Fsp3) is 0.385. The highest BCUT2D eigenvalue weighted by Gasteiger charge is 2.34. The van der Waals surface area contributed by atoms with Gasteiger partial charge in [0.15, 0.2) is 0 Å². The van der Waals surface area contributed by atoms with Crippen LogP contribution in [-0.2, 0) is 4.79 Å². The molecule has 1 saturated heterocycles. The van der Waals surface area contributed by atoms with Crippen LogP contribution in [0.4, 0.5) is 16.2 Å². The molecule has 0 aliphatic carbocycles. The third-order valence-corrected chi connectivity index (χ3v) is 3.47. The zero-order chi connectivity index (χ0) is 15.6. The number of hydrogen-bond acceptors (Lipinski definition) is 4. The van der Waals surface area contributed by atoms with Crippen LogP contribution in [0.5, 0.6) is 0 Å². The molecule has 2 rings (SSSR count). The number of aryl methyl sites for hydroxylation is 1. The molecule has 0 saturated carbocycles. The maximum Gasteiger partial charge on any atom is 0.326 e. The third kappa shape index (κ3) is 3.10. The number of carbonyl (C=O) groups excluding carboxylic acids is 1. The highest BCUT2D eigenvalue weighted by atomic mass is 16.6. The maximum absolute atomic E-state index is 12.1. The van der Waals surface area contributed by atoms with E-state index < -0.39 is 23.0 Å². The lowest BCUT2D eigenvalue weighted by Crippen LogP contribution is -2.42. The van der Waals surface area contributed by atoms with E-state index in [0.717, 1.165) is 0 Å². The van der Waals surface area contributed by atoms with Crippen molar-refractivity contribution in [3.05, 3.63) is 33.9 Å². The smallest absolute Gasteiger partial charge is 0.326 e. The summed E-state index contributed by atoms with van der Waals surface area (Å²) in [5.41, 5.74) is 0.845. The van der Waals surface area contributed by atoms with Gasteiger partial charge in [-0.2, -0.15) is 0 Å². The van der Waals surface area contributed by atoms with Gasteiger partial charge in [0, 0.05) is 18.7 Å². The predicted octanol–water partition coefficient (Wildman–Crippen LogP) is 1.98. The number of benzene rings is 1. The van der Waals surface area contributed by atoms with Crippen LogP contribution in [0.3, 0.4) is 0 Å². The maximum atomic E-state index is 12.1. The summed E-state index contributed by atoms with van der Waals surface area (Å²) >= 11 is 0. The molecule has 1 aliphatic rings. The predicted molar refractivity (Wildman–Crippen MR) is 74.2 cm³/mol. The minimum absolute atomic E-state index is 0.132. The molecule has 0 bridgehead atoms. The molecule has 0 spiro atoms. The molecule has 8 nitrogen and oxygen atoms in total. The molecule has 8 heteroatoms. The van der Waals surface area contributed by atoms with Crippen molar-refractivity contribution in [2.75, 3.05) is 11.9 Å². The number of carboxylic acids is 1. The van der Waals surface area contributed by atoms with Gasteiger partial charge in [0.2, 0.25) is 0 Å². The Hall–Kier alpha value is -2.64. The molecule has 21 heavy (non-hydrogen) atoms. The number of amides is 2. The van der Waals surface area contributed by atoms with Crippen molar-refractivity contribution in [2.24, 2.45) is 0 Å². The first-order valence-electron chi connectivity index (χ1n) is 6.45. The van der Waals surface area contributed by atoms with Crippen molar-refractivity contribution in [1.82, 2.24) is 4.90 Å². The molecule has 2 amide bonds. The Morgan fingerprint density at radius 1 is 1.48 bits per heavy atom. The van der Waals surface area contributed by atoms with Crippen molar-refractivity contribution in [2.45, 2.75) is 25.8 Å². The van der Waals surface area contributed by atoms with Crippen LogP contribution in [0.15, 0.2) is 18.2 Å². The molecular formula is C13H15N3O5. The summed E-state index contributed by atoms with van der Waals surface area (Å²) in [6, 6.07) is 2.75. The molecule has 1 atom stereocenters. The van der Waals surface area contributed by atoms with E-state index in [-0.39, 0.29) is 5.69 Å². The van der Waals surface area contributed by atoms with E-state index in [1.165, 1.54) is 23.1 Å². The molecule has 112 valence electrons. The number of nitro benzene ring substituents is 1. The molecule has 0 unspecified atom stereocenters. The van der Waals surface area contributed by atoms with Gasteiger partial charge in [-0.05, 0) is 25.3 Å². The number of likely N-dealkylation sites (tertiary alicyclic amines) is 1. The number of non-ortho nitro benzene ring substituents is 1. The number of hydrogen-bond donors (Lipinski definition) is 2. The molecule has 1 aromatic rings.